The highest BCUT2D eigenvalue weighted by atomic mass is 19.4. The van der Waals surface area contributed by atoms with E-state index >= 15 is 0 Å². The Morgan fingerprint density at radius 2 is 2.00 bits per heavy atom. The molecule has 0 bridgehead atoms. The lowest BCUT2D eigenvalue weighted by molar-refractivity contribution is -0.138. The first-order valence-electron chi connectivity index (χ1n) is 5.63. The number of halogens is 3. The topological polar surface area (TPSA) is 38.3 Å². The van der Waals surface area contributed by atoms with Gasteiger partial charge in [0.1, 0.15) is 0 Å². The normalized spacial score (nSPS) is 12.2. The van der Waals surface area contributed by atoms with E-state index in [1.54, 1.807) is 6.92 Å². The number of nitrogens with one attached hydrogen (secondary N) is 1. The van der Waals surface area contributed by atoms with Gasteiger partial charge in [-0.15, -0.1) is 0 Å². The second-order valence-electron chi connectivity index (χ2n) is 3.74. The van der Waals surface area contributed by atoms with Gasteiger partial charge in [0.05, 0.1) is 23.4 Å². The number of carbonyl (C=O) groups is 1. The Kier molecular flexibility index (Phi) is 4.97. The van der Waals surface area contributed by atoms with Crippen molar-refractivity contribution in [2.75, 3.05) is 11.9 Å². The van der Waals surface area contributed by atoms with Crippen LogP contribution in [0.2, 0.25) is 0 Å². The van der Waals surface area contributed by atoms with Crippen molar-refractivity contribution in [3.63, 3.8) is 0 Å². The van der Waals surface area contributed by atoms with Gasteiger partial charge >= 0.3 is 12.1 Å². The fourth-order valence-corrected chi connectivity index (χ4v) is 1.35. The molecular formula is C13H14F3NO2. The van der Waals surface area contributed by atoms with E-state index in [4.69, 9.17) is 4.74 Å². The Morgan fingerprint density at radius 1 is 1.37 bits per heavy atom. The van der Waals surface area contributed by atoms with Crippen LogP contribution in [0.4, 0.5) is 18.9 Å². The largest absolute Gasteiger partial charge is 0.463 e. The summed E-state index contributed by atoms with van der Waals surface area (Å²) < 4.78 is 42.8. The molecule has 0 aliphatic carbocycles. The maximum Gasteiger partial charge on any atom is 0.418 e. The van der Waals surface area contributed by atoms with Crippen LogP contribution in [0.5, 0.6) is 0 Å². The molecule has 0 atom stereocenters. The molecule has 0 fully saturated rings. The minimum absolute atomic E-state index is 0.112. The second-order valence-corrected chi connectivity index (χ2v) is 3.74. The molecule has 0 radical (unpaired) electrons. The first kappa shape index (κ1) is 15.1. The zero-order valence-electron chi connectivity index (χ0n) is 10.5. The van der Waals surface area contributed by atoms with Crippen LogP contribution in [0.3, 0.4) is 0 Å². The lowest BCUT2D eigenvalue weighted by Gasteiger charge is -2.12. The van der Waals surface area contributed by atoms with Crippen molar-refractivity contribution in [3.8, 4) is 0 Å². The summed E-state index contributed by atoms with van der Waals surface area (Å²) in [5, 5.41) is 2.48. The highest BCUT2D eigenvalue weighted by Crippen LogP contribution is 2.34. The van der Waals surface area contributed by atoms with E-state index in [9.17, 15) is 18.0 Å². The summed E-state index contributed by atoms with van der Waals surface area (Å²) in [5.41, 5.74) is -0.708. The zero-order chi connectivity index (χ0) is 14.5. The number of esters is 1. The molecule has 1 N–H and O–H groups in total. The zero-order valence-corrected chi connectivity index (χ0v) is 10.5. The van der Waals surface area contributed by atoms with Crippen molar-refractivity contribution in [2.24, 2.45) is 0 Å². The Bertz CT molecular complexity index is 481. The van der Waals surface area contributed by atoms with Crippen molar-refractivity contribution in [1.82, 2.24) is 0 Å². The van der Waals surface area contributed by atoms with Crippen molar-refractivity contribution in [1.29, 1.82) is 0 Å². The van der Waals surface area contributed by atoms with E-state index in [1.165, 1.54) is 31.3 Å². The number of hydrogen-bond donors (Lipinski definition) is 1. The number of alkyl halides is 3. The second kappa shape index (κ2) is 6.26. The summed E-state index contributed by atoms with van der Waals surface area (Å²) >= 11 is 0. The van der Waals surface area contributed by atoms with Crippen LogP contribution >= 0.6 is 0 Å². The summed E-state index contributed by atoms with van der Waals surface area (Å²) in [6.45, 7) is 3.32. The Balaban J connectivity index is 2.89. The van der Waals surface area contributed by atoms with Crippen molar-refractivity contribution in [2.45, 2.75) is 20.0 Å². The maximum absolute atomic E-state index is 12.7. The van der Waals surface area contributed by atoms with Gasteiger partial charge in [-0.05, 0) is 26.0 Å². The molecule has 1 aromatic carbocycles. The third kappa shape index (κ3) is 4.31. The molecule has 0 saturated carbocycles. The lowest BCUT2D eigenvalue weighted by Crippen LogP contribution is -2.10. The van der Waals surface area contributed by atoms with E-state index in [1.807, 2.05) is 0 Å². The third-order valence-corrected chi connectivity index (χ3v) is 2.27. The summed E-state index contributed by atoms with van der Waals surface area (Å²) in [5.74, 6) is -0.570. The van der Waals surface area contributed by atoms with E-state index in [-0.39, 0.29) is 17.9 Å². The van der Waals surface area contributed by atoms with Gasteiger partial charge in [0.2, 0.25) is 0 Å². The van der Waals surface area contributed by atoms with Gasteiger partial charge in [-0.25, -0.2) is 4.79 Å². The predicted octanol–water partition coefficient (Wildman–Crippen LogP) is 3.58. The van der Waals surface area contributed by atoms with Crippen molar-refractivity contribution >= 4 is 11.7 Å². The van der Waals surface area contributed by atoms with Gasteiger partial charge in [0, 0.05) is 6.20 Å². The number of carbonyl (C=O) groups excluding carboxylic acids is 1. The Labute approximate surface area is 109 Å². The standard InChI is InChI=1S/C13H14F3NO2/c1-3-19-12(18)9(2)8-17-11-7-5-4-6-10(11)13(14,15)16/h4-8,17H,3H2,1-2H3. The SMILES string of the molecule is CCOC(=O)C(C)=CNc1ccccc1C(F)(F)F. The molecule has 104 valence electrons. The number of anilines is 1. The average Bonchev–Trinajstić information content (AvgIpc) is 2.35. The van der Waals surface area contributed by atoms with Crippen LogP contribution in [0.1, 0.15) is 19.4 Å². The van der Waals surface area contributed by atoms with Crippen LogP contribution in [0.25, 0.3) is 0 Å². The molecule has 1 rings (SSSR count). The summed E-state index contributed by atoms with van der Waals surface area (Å²) in [7, 11) is 0. The van der Waals surface area contributed by atoms with Gasteiger partial charge < -0.3 is 10.1 Å². The number of ether oxygens (including phenoxy) is 1. The molecular weight excluding hydrogens is 259 g/mol. The maximum atomic E-state index is 12.7. The molecule has 6 heteroatoms. The lowest BCUT2D eigenvalue weighted by atomic mass is 10.1. The Hall–Kier alpha value is -1.98. The van der Waals surface area contributed by atoms with Gasteiger partial charge in [0.15, 0.2) is 0 Å². The molecule has 0 aliphatic rings. The molecule has 0 aromatic heterocycles. The molecule has 0 saturated heterocycles. The fraction of sp³-hybridized carbons (Fsp3) is 0.308. The highest BCUT2D eigenvalue weighted by Gasteiger charge is 2.32. The van der Waals surface area contributed by atoms with Crippen LogP contribution in [0, 0.1) is 0 Å². The van der Waals surface area contributed by atoms with Gasteiger partial charge in [-0.2, -0.15) is 13.2 Å². The van der Waals surface area contributed by atoms with Crippen LogP contribution in [0.15, 0.2) is 36.0 Å². The van der Waals surface area contributed by atoms with Crippen molar-refractivity contribution in [3.05, 3.63) is 41.6 Å². The summed E-state index contributed by atoms with van der Waals surface area (Å²) in [4.78, 5) is 11.3. The van der Waals surface area contributed by atoms with Gasteiger partial charge in [0.25, 0.3) is 0 Å². The quantitative estimate of drug-likeness (QED) is 0.673. The number of para-hydroxylation sites is 1. The number of hydrogen-bond acceptors (Lipinski definition) is 3. The van der Waals surface area contributed by atoms with Crippen LogP contribution in [-0.4, -0.2) is 12.6 Å². The van der Waals surface area contributed by atoms with E-state index < -0.39 is 17.7 Å². The van der Waals surface area contributed by atoms with E-state index in [0.29, 0.717) is 0 Å². The molecule has 0 spiro atoms. The average molecular weight is 273 g/mol. The first-order chi connectivity index (χ1) is 8.86. The molecule has 0 amide bonds. The smallest absolute Gasteiger partial charge is 0.418 e. The fourth-order valence-electron chi connectivity index (χ4n) is 1.35. The summed E-state index contributed by atoms with van der Waals surface area (Å²) in [6.07, 6.45) is -3.25. The monoisotopic (exact) mass is 273 g/mol. The van der Waals surface area contributed by atoms with Gasteiger partial charge in [-0.1, -0.05) is 12.1 Å². The summed E-state index contributed by atoms with van der Waals surface area (Å²) in [6, 6.07) is 5.04. The number of rotatable bonds is 4. The van der Waals surface area contributed by atoms with Crippen LogP contribution < -0.4 is 5.32 Å². The van der Waals surface area contributed by atoms with Crippen molar-refractivity contribution < 1.29 is 22.7 Å². The minimum Gasteiger partial charge on any atom is -0.463 e. The molecule has 19 heavy (non-hydrogen) atoms. The van der Waals surface area contributed by atoms with E-state index in [0.717, 1.165) is 6.07 Å². The molecule has 3 nitrogen and oxygen atoms in total. The number of benzene rings is 1. The molecule has 0 aliphatic heterocycles. The molecule has 0 heterocycles. The predicted molar refractivity (Wildman–Crippen MR) is 65.5 cm³/mol. The first-order valence-corrected chi connectivity index (χ1v) is 5.63. The third-order valence-electron chi connectivity index (χ3n) is 2.27. The molecule has 1 aromatic rings. The van der Waals surface area contributed by atoms with Crippen LogP contribution in [-0.2, 0) is 15.7 Å². The van der Waals surface area contributed by atoms with E-state index in [2.05, 4.69) is 5.32 Å². The highest BCUT2D eigenvalue weighted by molar-refractivity contribution is 5.88. The van der Waals surface area contributed by atoms with Gasteiger partial charge in [-0.3, -0.25) is 0 Å². The Morgan fingerprint density at radius 3 is 2.58 bits per heavy atom. The minimum atomic E-state index is -4.45. The molecule has 0 unspecified atom stereocenters.